The number of hydrogen-bond donors (Lipinski definition) is 0. The zero-order valence-electron chi connectivity index (χ0n) is 12.9. The van der Waals surface area contributed by atoms with Gasteiger partial charge >= 0.3 is 0 Å². The lowest BCUT2D eigenvalue weighted by atomic mass is 10.3. The fraction of sp³-hybridized carbons (Fsp3) is 0.400. The van der Waals surface area contributed by atoms with Crippen molar-refractivity contribution in [3.05, 3.63) is 39.9 Å². The summed E-state index contributed by atoms with van der Waals surface area (Å²) < 4.78 is 26.8. The smallest absolute Gasteiger partial charge is 0.246 e. The van der Waals surface area contributed by atoms with Crippen LogP contribution in [-0.4, -0.2) is 49.7 Å². The molecule has 1 amide bonds. The third kappa shape index (κ3) is 4.07. The van der Waals surface area contributed by atoms with Gasteiger partial charge in [-0.2, -0.15) is 4.31 Å². The van der Waals surface area contributed by atoms with Gasteiger partial charge in [0.05, 0.1) is 10.0 Å². The van der Waals surface area contributed by atoms with Gasteiger partial charge in [-0.05, 0) is 26.0 Å². The van der Waals surface area contributed by atoms with E-state index in [4.69, 9.17) is 23.2 Å². The highest BCUT2D eigenvalue weighted by Crippen LogP contribution is 2.31. The van der Waals surface area contributed by atoms with Gasteiger partial charge in [0, 0.05) is 32.3 Å². The molecule has 1 aromatic carbocycles. The Morgan fingerprint density at radius 2 is 1.61 bits per heavy atom. The van der Waals surface area contributed by atoms with E-state index in [9.17, 15) is 13.2 Å². The third-order valence-electron chi connectivity index (χ3n) is 3.48. The van der Waals surface area contributed by atoms with Gasteiger partial charge in [-0.1, -0.05) is 34.8 Å². The lowest BCUT2D eigenvalue weighted by molar-refractivity contribution is -0.127. The van der Waals surface area contributed by atoms with Gasteiger partial charge in [0.15, 0.2) is 0 Å². The minimum Gasteiger partial charge on any atom is -0.337 e. The van der Waals surface area contributed by atoms with Gasteiger partial charge in [0.2, 0.25) is 15.9 Å². The van der Waals surface area contributed by atoms with Gasteiger partial charge in [-0.15, -0.1) is 0 Å². The molecular formula is C15H18Cl2N2O3S. The molecule has 126 valence electrons. The maximum atomic E-state index is 12.7. The van der Waals surface area contributed by atoms with Gasteiger partial charge in [-0.3, -0.25) is 4.79 Å². The summed E-state index contributed by atoms with van der Waals surface area (Å²) >= 11 is 12.0. The monoisotopic (exact) mass is 376 g/mol. The Labute approximate surface area is 146 Å². The number of amides is 1. The Kier molecular flexibility index (Phi) is 5.73. The molecule has 0 radical (unpaired) electrons. The zero-order valence-corrected chi connectivity index (χ0v) is 15.2. The topological polar surface area (TPSA) is 57.7 Å². The van der Waals surface area contributed by atoms with Crippen LogP contribution in [0.4, 0.5) is 0 Å². The third-order valence-corrected chi connectivity index (χ3v) is 6.33. The first-order valence-electron chi connectivity index (χ1n) is 7.11. The van der Waals surface area contributed by atoms with Crippen molar-refractivity contribution < 1.29 is 13.2 Å². The van der Waals surface area contributed by atoms with Crippen LogP contribution in [-0.2, 0) is 14.8 Å². The largest absolute Gasteiger partial charge is 0.337 e. The molecule has 0 saturated carbocycles. The second-order valence-electron chi connectivity index (χ2n) is 5.50. The lowest BCUT2D eigenvalue weighted by Gasteiger charge is -2.33. The average molecular weight is 377 g/mol. The summed E-state index contributed by atoms with van der Waals surface area (Å²) in [6.07, 6.45) is 1.55. The first kappa shape index (κ1) is 18.3. The van der Waals surface area contributed by atoms with Crippen molar-refractivity contribution in [2.45, 2.75) is 18.7 Å². The summed E-state index contributed by atoms with van der Waals surface area (Å²) in [4.78, 5) is 13.5. The van der Waals surface area contributed by atoms with Gasteiger partial charge in [0.1, 0.15) is 4.90 Å². The Morgan fingerprint density at radius 3 is 2.09 bits per heavy atom. The number of carbonyl (C=O) groups excluding carboxylic acids is 1. The number of benzene rings is 1. The quantitative estimate of drug-likeness (QED) is 0.762. The van der Waals surface area contributed by atoms with Gasteiger partial charge < -0.3 is 4.90 Å². The van der Waals surface area contributed by atoms with E-state index in [-0.39, 0.29) is 33.9 Å². The Balaban J connectivity index is 2.16. The molecule has 0 spiro atoms. The van der Waals surface area contributed by atoms with Crippen molar-refractivity contribution in [2.75, 3.05) is 26.2 Å². The minimum atomic E-state index is -3.78. The molecule has 1 aliphatic heterocycles. The molecule has 0 unspecified atom stereocenters. The molecule has 0 aromatic heterocycles. The van der Waals surface area contributed by atoms with Gasteiger partial charge in [-0.25, -0.2) is 8.42 Å². The van der Waals surface area contributed by atoms with Crippen molar-refractivity contribution in [1.82, 2.24) is 9.21 Å². The second kappa shape index (κ2) is 7.21. The summed E-state index contributed by atoms with van der Waals surface area (Å²) in [5, 5.41) is 0.195. The molecule has 1 saturated heterocycles. The summed E-state index contributed by atoms with van der Waals surface area (Å²) in [6, 6.07) is 4.59. The molecule has 1 heterocycles. The van der Waals surface area contributed by atoms with Crippen LogP contribution in [0.15, 0.2) is 34.7 Å². The molecule has 0 aliphatic carbocycles. The highest BCUT2D eigenvalue weighted by molar-refractivity contribution is 7.89. The Morgan fingerprint density at radius 1 is 1.09 bits per heavy atom. The van der Waals surface area contributed by atoms with Gasteiger partial charge in [0.25, 0.3) is 0 Å². The molecule has 0 atom stereocenters. The van der Waals surface area contributed by atoms with E-state index in [1.807, 2.05) is 13.8 Å². The highest BCUT2D eigenvalue weighted by Gasteiger charge is 2.32. The molecular weight excluding hydrogens is 359 g/mol. The number of piperazine rings is 1. The van der Waals surface area contributed by atoms with Crippen molar-refractivity contribution in [3.63, 3.8) is 0 Å². The number of hydrogen-bond acceptors (Lipinski definition) is 3. The fourth-order valence-corrected chi connectivity index (χ4v) is 4.86. The number of carbonyl (C=O) groups is 1. The number of nitrogens with zero attached hydrogens (tertiary/aromatic N) is 2. The molecule has 2 rings (SSSR count). The lowest BCUT2D eigenvalue weighted by Crippen LogP contribution is -2.50. The average Bonchev–Trinajstić information content (AvgIpc) is 2.46. The molecule has 1 fully saturated rings. The molecule has 0 N–H and O–H groups in total. The SMILES string of the molecule is CC(C)=CC(=O)N1CCN(S(=O)(=O)c2c(Cl)cccc2Cl)CC1. The van der Waals surface area contributed by atoms with Crippen molar-refractivity contribution in [3.8, 4) is 0 Å². The van der Waals surface area contributed by atoms with Crippen LogP contribution in [0.2, 0.25) is 10.0 Å². The molecule has 1 aliphatic rings. The van der Waals surface area contributed by atoms with E-state index in [2.05, 4.69) is 0 Å². The van der Waals surface area contributed by atoms with Crippen LogP contribution in [0.25, 0.3) is 0 Å². The molecule has 23 heavy (non-hydrogen) atoms. The van der Waals surface area contributed by atoms with E-state index >= 15 is 0 Å². The van der Waals surface area contributed by atoms with Crippen LogP contribution in [0, 0.1) is 0 Å². The first-order valence-corrected chi connectivity index (χ1v) is 9.31. The van der Waals surface area contributed by atoms with Crippen molar-refractivity contribution in [1.29, 1.82) is 0 Å². The summed E-state index contributed by atoms with van der Waals surface area (Å²) in [7, 11) is -3.78. The van der Waals surface area contributed by atoms with Crippen LogP contribution in [0.3, 0.4) is 0 Å². The van der Waals surface area contributed by atoms with E-state index in [0.717, 1.165) is 5.57 Å². The number of sulfonamides is 1. The summed E-state index contributed by atoms with van der Waals surface area (Å²) in [5.74, 6) is -0.0992. The van der Waals surface area contributed by atoms with Crippen LogP contribution in [0.1, 0.15) is 13.8 Å². The number of allylic oxidation sites excluding steroid dienone is 1. The Bertz CT molecular complexity index is 715. The van der Waals surface area contributed by atoms with Crippen LogP contribution >= 0.6 is 23.2 Å². The number of rotatable bonds is 3. The maximum absolute atomic E-state index is 12.7. The molecule has 1 aromatic rings. The molecule has 5 nitrogen and oxygen atoms in total. The Hall–Kier alpha value is -1.08. The van der Waals surface area contributed by atoms with E-state index in [1.165, 1.54) is 16.4 Å². The van der Waals surface area contributed by atoms with E-state index in [1.54, 1.807) is 17.0 Å². The predicted octanol–water partition coefficient (Wildman–Crippen LogP) is 2.79. The van der Waals surface area contributed by atoms with Crippen molar-refractivity contribution >= 4 is 39.1 Å². The van der Waals surface area contributed by atoms with E-state index < -0.39 is 10.0 Å². The highest BCUT2D eigenvalue weighted by atomic mass is 35.5. The van der Waals surface area contributed by atoms with Crippen molar-refractivity contribution in [2.24, 2.45) is 0 Å². The maximum Gasteiger partial charge on any atom is 0.246 e. The zero-order chi connectivity index (χ0) is 17.2. The number of halogens is 2. The normalized spacial score (nSPS) is 16.3. The second-order valence-corrected chi connectivity index (χ2v) is 8.19. The molecule has 0 bridgehead atoms. The van der Waals surface area contributed by atoms with Crippen LogP contribution < -0.4 is 0 Å². The standard InChI is InChI=1S/C15H18Cl2N2O3S/c1-11(2)10-14(20)18-6-8-19(9-7-18)23(21,22)15-12(16)4-3-5-13(15)17/h3-5,10H,6-9H2,1-2H3. The fourth-order valence-electron chi connectivity index (χ4n) is 2.35. The summed E-state index contributed by atoms with van der Waals surface area (Å²) in [5.41, 5.74) is 0.910. The predicted molar refractivity (Wildman–Crippen MR) is 91.2 cm³/mol. The first-order chi connectivity index (χ1) is 10.7. The van der Waals surface area contributed by atoms with Crippen LogP contribution in [0.5, 0.6) is 0 Å². The molecule has 8 heteroatoms. The minimum absolute atomic E-state index is 0.0765. The summed E-state index contributed by atoms with van der Waals surface area (Å²) in [6.45, 7) is 4.79. The van der Waals surface area contributed by atoms with E-state index in [0.29, 0.717) is 13.1 Å².